The molecule has 0 radical (unpaired) electrons. The Hall–Kier alpha value is -4.22. The van der Waals surface area contributed by atoms with Crippen molar-refractivity contribution < 1.29 is 24.5 Å². The highest BCUT2D eigenvalue weighted by molar-refractivity contribution is 7.17. The van der Waals surface area contributed by atoms with Crippen LogP contribution in [0.2, 0.25) is 0 Å². The Labute approximate surface area is 247 Å². The van der Waals surface area contributed by atoms with Crippen molar-refractivity contribution >= 4 is 38.4 Å². The lowest BCUT2D eigenvalue weighted by atomic mass is 9.84. The molecule has 0 fully saturated rings. The van der Waals surface area contributed by atoms with E-state index in [1.54, 1.807) is 35.3 Å². The van der Waals surface area contributed by atoms with Gasteiger partial charge in [-0.25, -0.2) is 9.67 Å². The summed E-state index contributed by atoms with van der Waals surface area (Å²) in [5.41, 5.74) is 5.94. The van der Waals surface area contributed by atoms with E-state index in [0.717, 1.165) is 44.3 Å². The number of hydrogen-bond donors (Lipinski definition) is 2. The Kier molecular flexibility index (Phi) is 7.46. The summed E-state index contributed by atoms with van der Waals surface area (Å²) in [6.07, 6.45) is 0.725. The summed E-state index contributed by atoms with van der Waals surface area (Å²) in [4.78, 5) is 18.9. The molecule has 2 aromatic carbocycles. The molecule has 5 aromatic rings. The Morgan fingerprint density at radius 1 is 1.26 bits per heavy atom. The van der Waals surface area contributed by atoms with Crippen LogP contribution in [0.15, 0.2) is 41.8 Å². The number of pyridine rings is 1. The molecule has 4 heterocycles. The number of methoxy groups -OCH3 is 1. The first-order valence-corrected chi connectivity index (χ1v) is 14.8. The molecule has 1 aliphatic heterocycles. The topological polar surface area (TPSA) is 123 Å². The number of benzene rings is 2. The van der Waals surface area contributed by atoms with E-state index in [9.17, 15) is 15.0 Å². The van der Waals surface area contributed by atoms with Gasteiger partial charge in [0.25, 0.3) is 0 Å². The lowest BCUT2D eigenvalue weighted by molar-refractivity contribution is -0.137. The quantitative estimate of drug-likeness (QED) is 0.246. The second kappa shape index (κ2) is 11.2. The molecule has 2 N–H and O–H groups in total. The Bertz CT molecular complexity index is 1800. The first-order chi connectivity index (χ1) is 20.2. The summed E-state index contributed by atoms with van der Waals surface area (Å²) in [6.45, 7) is 5.90. The zero-order valence-corrected chi connectivity index (χ0v) is 24.8. The SMILES string of the molecule is CC[C@@H]1CN(Cc2cc([C@H](CC(=O)O)c3cc(OC)c4c(nnn4C)c3C)cc3ccsc23)Cc2nc(O)ccc2O1. The number of aliphatic carboxylic acids is 1. The van der Waals surface area contributed by atoms with Gasteiger partial charge in [0.15, 0.2) is 0 Å². The summed E-state index contributed by atoms with van der Waals surface area (Å²) in [5.74, 6) is -0.0433. The van der Waals surface area contributed by atoms with Crippen LogP contribution in [-0.2, 0) is 24.9 Å². The Morgan fingerprint density at radius 2 is 2.10 bits per heavy atom. The highest BCUT2D eigenvalue weighted by Gasteiger charge is 2.27. The molecular weight excluding hydrogens is 554 g/mol. The molecule has 11 heteroatoms. The van der Waals surface area contributed by atoms with E-state index in [-0.39, 0.29) is 18.4 Å². The van der Waals surface area contributed by atoms with Crippen LogP contribution in [0, 0.1) is 6.92 Å². The predicted octanol–water partition coefficient (Wildman–Crippen LogP) is 5.38. The lowest BCUT2D eigenvalue weighted by Gasteiger charge is -2.25. The Balaban J connectivity index is 1.45. The Morgan fingerprint density at radius 3 is 2.86 bits per heavy atom. The lowest BCUT2D eigenvalue weighted by Crippen LogP contribution is -2.32. The molecule has 1 aliphatic rings. The molecule has 10 nitrogen and oxygen atoms in total. The minimum Gasteiger partial charge on any atom is -0.494 e. The summed E-state index contributed by atoms with van der Waals surface area (Å²) in [7, 11) is 3.42. The van der Waals surface area contributed by atoms with Gasteiger partial charge in [-0.3, -0.25) is 9.69 Å². The van der Waals surface area contributed by atoms with Gasteiger partial charge >= 0.3 is 5.97 Å². The number of thiophene rings is 1. The minimum absolute atomic E-state index is 0.0202. The maximum atomic E-state index is 12.2. The maximum Gasteiger partial charge on any atom is 0.304 e. The molecule has 0 amide bonds. The van der Waals surface area contributed by atoms with Gasteiger partial charge in [0.1, 0.15) is 34.3 Å². The van der Waals surface area contributed by atoms with Gasteiger partial charge in [-0.15, -0.1) is 16.4 Å². The third kappa shape index (κ3) is 5.14. The molecule has 3 aromatic heterocycles. The standard InChI is InChI=1S/C31H33N5O5S/c1-5-21-15-36(16-24-25(41-21)6-7-27(37)32-24)14-20-11-19(10-18-8-9-42-31(18)20)23(13-28(38)39)22-12-26(40-4)30-29(17(22)2)33-34-35(30)3/h6-12,21,23H,5,13-16H2,1-4H3,(H,32,37)(H,38,39)/t21-,23+/m1/s1. The molecule has 42 heavy (non-hydrogen) atoms. The van der Waals surface area contributed by atoms with Gasteiger partial charge in [0.05, 0.1) is 13.5 Å². The third-order valence-electron chi connectivity index (χ3n) is 8.06. The molecule has 0 saturated heterocycles. The summed E-state index contributed by atoms with van der Waals surface area (Å²) in [5, 5.41) is 31.8. The van der Waals surface area contributed by atoms with Crippen molar-refractivity contribution in [3.05, 3.63) is 69.7 Å². The van der Waals surface area contributed by atoms with E-state index in [2.05, 4.69) is 50.7 Å². The molecular formula is C31H33N5O5S. The van der Waals surface area contributed by atoms with Crippen molar-refractivity contribution in [3.63, 3.8) is 0 Å². The normalized spacial score (nSPS) is 16.2. The second-order valence-corrected chi connectivity index (χ2v) is 11.7. The fraction of sp³-hybridized carbons (Fsp3) is 0.355. The fourth-order valence-corrected chi connectivity index (χ4v) is 6.88. The van der Waals surface area contributed by atoms with E-state index in [0.29, 0.717) is 42.3 Å². The number of carboxylic acid groups (broad SMARTS) is 1. The van der Waals surface area contributed by atoms with Crippen LogP contribution in [0.25, 0.3) is 21.1 Å². The zero-order chi connectivity index (χ0) is 29.5. The number of nitrogens with zero attached hydrogens (tertiary/aromatic N) is 5. The number of ether oxygens (including phenoxy) is 2. The first-order valence-electron chi connectivity index (χ1n) is 13.9. The van der Waals surface area contributed by atoms with Crippen molar-refractivity contribution in [1.82, 2.24) is 24.9 Å². The van der Waals surface area contributed by atoms with Gasteiger partial charge in [0.2, 0.25) is 5.88 Å². The average molecular weight is 588 g/mol. The van der Waals surface area contributed by atoms with Crippen LogP contribution >= 0.6 is 11.3 Å². The van der Waals surface area contributed by atoms with Crippen LogP contribution in [-0.4, -0.2) is 60.8 Å². The van der Waals surface area contributed by atoms with E-state index in [1.165, 1.54) is 0 Å². The predicted molar refractivity (Wildman–Crippen MR) is 160 cm³/mol. The third-order valence-corrected chi connectivity index (χ3v) is 9.06. The molecule has 0 bridgehead atoms. The minimum atomic E-state index is -0.887. The number of aromatic nitrogens is 4. The second-order valence-electron chi connectivity index (χ2n) is 10.8. The van der Waals surface area contributed by atoms with Crippen LogP contribution in [0.4, 0.5) is 0 Å². The highest BCUT2D eigenvalue weighted by Crippen LogP contribution is 2.40. The van der Waals surface area contributed by atoms with Crippen LogP contribution in [0.3, 0.4) is 0 Å². The first kappa shape index (κ1) is 27.9. The number of hydrogen-bond acceptors (Lipinski definition) is 9. The molecule has 0 aliphatic carbocycles. The van der Waals surface area contributed by atoms with Crippen molar-refractivity contribution in [3.8, 4) is 17.4 Å². The van der Waals surface area contributed by atoms with E-state index in [4.69, 9.17) is 9.47 Å². The van der Waals surface area contributed by atoms with Gasteiger partial charge in [-0.05, 0) is 70.6 Å². The molecule has 2 atom stereocenters. The molecule has 0 unspecified atom stereocenters. The van der Waals surface area contributed by atoms with E-state index < -0.39 is 11.9 Å². The van der Waals surface area contributed by atoms with Crippen molar-refractivity contribution in [1.29, 1.82) is 0 Å². The number of fused-ring (bicyclic) bond motifs is 3. The summed E-state index contributed by atoms with van der Waals surface area (Å²) in [6, 6.07) is 11.6. The highest BCUT2D eigenvalue weighted by atomic mass is 32.1. The largest absolute Gasteiger partial charge is 0.494 e. The van der Waals surface area contributed by atoms with Crippen LogP contribution in [0.1, 0.15) is 53.6 Å². The zero-order valence-electron chi connectivity index (χ0n) is 24.0. The van der Waals surface area contributed by atoms with Crippen molar-refractivity contribution in [2.75, 3.05) is 13.7 Å². The number of aryl methyl sites for hydroxylation is 2. The van der Waals surface area contributed by atoms with Gasteiger partial charge in [0, 0.05) is 43.4 Å². The number of carbonyl (C=O) groups is 1. The number of rotatable bonds is 8. The smallest absolute Gasteiger partial charge is 0.304 e. The average Bonchev–Trinajstić information content (AvgIpc) is 3.56. The van der Waals surface area contributed by atoms with E-state index in [1.807, 2.05) is 20.0 Å². The van der Waals surface area contributed by atoms with Crippen molar-refractivity contribution in [2.24, 2.45) is 7.05 Å². The molecule has 0 saturated carbocycles. The van der Waals surface area contributed by atoms with Crippen LogP contribution < -0.4 is 9.47 Å². The maximum absolute atomic E-state index is 12.2. The fourth-order valence-electron chi connectivity index (χ4n) is 5.99. The molecule has 0 spiro atoms. The summed E-state index contributed by atoms with van der Waals surface area (Å²) >= 11 is 1.68. The van der Waals surface area contributed by atoms with Gasteiger partial charge in [-0.2, -0.15) is 0 Å². The number of aromatic hydroxyl groups is 1. The van der Waals surface area contributed by atoms with Gasteiger partial charge < -0.3 is 19.7 Å². The van der Waals surface area contributed by atoms with Gasteiger partial charge in [-0.1, -0.05) is 18.2 Å². The molecule has 218 valence electrons. The summed E-state index contributed by atoms with van der Waals surface area (Å²) < 4.78 is 14.8. The molecule has 6 rings (SSSR count). The monoisotopic (exact) mass is 587 g/mol. The van der Waals surface area contributed by atoms with Crippen LogP contribution in [0.5, 0.6) is 17.4 Å². The van der Waals surface area contributed by atoms with Crippen molar-refractivity contribution in [2.45, 2.75) is 51.8 Å². The van der Waals surface area contributed by atoms with E-state index >= 15 is 0 Å². The number of carboxylic acids is 1.